The normalized spacial score (nSPS) is 12.3. The fourth-order valence-corrected chi connectivity index (χ4v) is 17.1. The molecule has 0 saturated heterocycles. The summed E-state index contributed by atoms with van der Waals surface area (Å²) in [6, 6.07) is 112. The van der Waals surface area contributed by atoms with Crippen LogP contribution >= 0.6 is 0 Å². The molecule has 15 aromatic carbocycles. The van der Waals surface area contributed by atoms with E-state index in [0.29, 0.717) is 28.1 Å². The van der Waals surface area contributed by atoms with E-state index in [0.717, 1.165) is 149 Å². The first-order valence-electron chi connectivity index (χ1n) is 34.6. The van der Waals surface area contributed by atoms with Crippen molar-refractivity contribution in [2.75, 3.05) is 0 Å². The van der Waals surface area contributed by atoms with Gasteiger partial charge in [0.15, 0.2) is 5.69 Å². The molecular weight excluding hydrogens is 1270 g/mol. The largest absolute Gasteiger partial charge is 0.416 e. The molecule has 6 aromatic heterocycles. The van der Waals surface area contributed by atoms with Crippen molar-refractivity contribution in [1.82, 2.24) is 27.4 Å². The third kappa shape index (κ3) is 8.63. The predicted octanol–water partition coefficient (Wildman–Crippen LogP) is 25.5. The molecule has 0 amide bonds. The Morgan fingerprint density at radius 1 is 0.252 bits per heavy atom. The van der Waals surface area contributed by atoms with Gasteiger partial charge in [0.2, 0.25) is 0 Å². The van der Waals surface area contributed by atoms with Crippen molar-refractivity contribution < 1.29 is 13.2 Å². The Labute approximate surface area is 587 Å². The number of rotatable bonds is 8. The van der Waals surface area contributed by atoms with Crippen molar-refractivity contribution in [3.8, 4) is 56.4 Å². The van der Waals surface area contributed by atoms with E-state index in [1.807, 2.05) is 24.3 Å². The van der Waals surface area contributed by atoms with Gasteiger partial charge in [-0.3, -0.25) is 0 Å². The third-order valence-electron chi connectivity index (χ3n) is 21.4. The van der Waals surface area contributed by atoms with Crippen molar-refractivity contribution in [3.63, 3.8) is 0 Å². The third-order valence-corrected chi connectivity index (χ3v) is 21.4. The smallest absolute Gasteiger partial charge is 0.309 e. The monoisotopic (exact) mass is 1330 g/mol. The molecule has 0 bridgehead atoms. The topological polar surface area (TPSA) is 33.9 Å². The number of alkyl halides is 3. The average Bonchev–Trinajstić information content (AvgIpc) is 1.55. The van der Waals surface area contributed by atoms with Crippen LogP contribution in [0.1, 0.15) is 11.1 Å². The van der Waals surface area contributed by atoms with Crippen LogP contribution < -0.4 is 0 Å². The number of para-hydroxylation sites is 8. The first-order valence-corrected chi connectivity index (χ1v) is 34.6. The van der Waals surface area contributed by atoms with E-state index in [-0.39, 0.29) is 0 Å². The minimum Gasteiger partial charge on any atom is -0.309 e. The summed E-state index contributed by atoms with van der Waals surface area (Å²) in [5, 5.41) is 13.2. The lowest BCUT2D eigenvalue weighted by atomic mass is 9.94. The van der Waals surface area contributed by atoms with Crippen LogP contribution in [0.3, 0.4) is 0 Å². The van der Waals surface area contributed by atoms with Gasteiger partial charge < -0.3 is 27.4 Å². The van der Waals surface area contributed by atoms with Crippen LogP contribution in [0.15, 0.2) is 322 Å². The summed E-state index contributed by atoms with van der Waals surface area (Å²) < 4.78 is 59.3. The summed E-state index contributed by atoms with van der Waals surface area (Å²) in [6.45, 7) is 10.5. The van der Waals surface area contributed by atoms with Crippen LogP contribution in [0.2, 0.25) is 0 Å². The number of fused-ring (bicyclic) bond motifs is 18. The molecule has 0 aliphatic rings. The summed E-state index contributed by atoms with van der Waals surface area (Å²) in [7, 11) is 0. The lowest BCUT2D eigenvalue weighted by Gasteiger charge is -2.21. The number of hydrogen-bond donors (Lipinski definition) is 0. The van der Waals surface area contributed by atoms with E-state index >= 15 is 13.2 Å². The van der Waals surface area contributed by atoms with Gasteiger partial charge in [-0.1, -0.05) is 170 Å². The van der Waals surface area contributed by atoms with Gasteiger partial charge in [0, 0.05) is 92.9 Å². The summed E-state index contributed by atoms with van der Waals surface area (Å²) >= 11 is 0. The van der Waals surface area contributed by atoms with E-state index in [1.165, 1.54) is 33.7 Å². The Bertz CT molecular complexity index is 6720. The second kappa shape index (κ2) is 21.9. The Morgan fingerprint density at radius 3 is 0.883 bits per heavy atom. The van der Waals surface area contributed by atoms with Crippen LogP contribution in [-0.2, 0) is 6.18 Å². The number of nitrogens with zero attached hydrogens (tertiary/aromatic N) is 7. The molecule has 0 saturated carbocycles. The maximum absolute atomic E-state index is 15.1. The predicted molar refractivity (Wildman–Crippen MR) is 419 cm³/mol. The van der Waals surface area contributed by atoms with E-state index in [4.69, 9.17) is 6.57 Å². The highest BCUT2D eigenvalue weighted by atomic mass is 19.4. The zero-order valence-electron chi connectivity index (χ0n) is 55.4. The number of hydrogen-bond acceptors (Lipinski definition) is 0. The number of aromatic nitrogens is 6. The van der Waals surface area contributed by atoms with Crippen LogP contribution in [0, 0.1) is 13.5 Å². The van der Waals surface area contributed by atoms with Crippen LogP contribution in [-0.4, -0.2) is 27.4 Å². The zero-order valence-corrected chi connectivity index (χ0v) is 55.4. The molecule has 0 unspecified atom stereocenters. The fraction of sp³-hybridized carbons (Fsp3) is 0.0215. The van der Waals surface area contributed by atoms with Crippen molar-refractivity contribution in [2.24, 2.45) is 0 Å². The lowest BCUT2D eigenvalue weighted by Crippen LogP contribution is -2.05. The highest BCUT2D eigenvalue weighted by Gasteiger charge is 2.32. The minimum absolute atomic E-state index is 0.429. The molecule has 484 valence electrons. The molecular formula is C93H56F3N7. The van der Waals surface area contributed by atoms with E-state index in [2.05, 4.69) is 317 Å². The second-order valence-corrected chi connectivity index (χ2v) is 27.1. The Morgan fingerprint density at radius 2 is 0.563 bits per heavy atom. The molecule has 10 heteroatoms. The van der Waals surface area contributed by atoms with E-state index < -0.39 is 11.7 Å². The molecule has 0 aliphatic heterocycles. The Balaban J connectivity index is 0.862. The zero-order chi connectivity index (χ0) is 68.5. The first kappa shape index (κ1) is 58.4. The maximum Gasteiger partial charge on any atom is 0.416 e. The van der Waals surface area contributed by atoms with Gasteiger partial charge in [-0.05, 0) is 181 Å². The molecule has 7 nitrogen and oxygen atoms in total. The van der Waals surface area contributed by atoms with Gasteiger partial charge in [0.25, 0.3) is 0 Å². The Hall–Kier alpha value is -13.6. The quantitative estimate of drug-likeness (QED) is 0.136. The molecule has 0 radical (unpaired) electrons. The molecule has 0 N–H and O–H groups in total. The van der Waals surface area contributed by atoms with Crippen molar-refractivity contribution >= 4 is 137 Å². The van der Waals surface area contributed by atoms with Gasteiger partial charge in [-0.15, -0.1) is 0 Å². The molecule has 103 heavy (non-hydrogen) atoms. The maximum atomic E-state index is 15.1. The average molecular weight is 1330 g/mol. The number of benzene rings is 15. The van der Waals surface area contributed by atoms with E-state index in [9.17, 15) is 0 Å². The summed E-state index contributed by atoms with van der Waals surface area (Å²) in [6.07, 6.45) is -4.59. The lowest BCUT2D eigenvalue weighted by molar-refractivity contribution is -0.137. The summed E-state index contributed by atoms with van der Waals surface area (Å²) in [4.78, 5) is 4.15. The molecule has 0 aliphatic carbocycles. The van der Waals surface area contributed by atoms with E-state index in [1.54, 1.807) is 6.92 Å². The van der Waals surface area contributed by atoms with Crippen LogP contribution in [0.4, 0.5) is 18.9 Å². The minimum atomic E-state index is -4.59. The molecule has 0 spiro atoms. The summed E-state index contributed by atoms with van der Waals surface area (Å²) in [5.74, 6) is 0. The van der Waals surface area contributed by atoms with Gasteiger partial charge >= 0.3 is 6.18 Å². The standard InChI is InChI=1S/C93H56F3N7/c1-56-47-58(49-59(48-56)93(94,95)96)57-35-41-73(92(50-57)103-90-45-39-63(100-83-31-15-7-23-69(83)70-24-8-16-32-84(70)100)54-77(90)78-55-64(40-46-91(78)103)101-85-33-17-9-25-71(85)72-26-10-18-34-86(72)101)74-51-60(97-2)36-42-87(74)102-88-43-37-61(98-79-27-11-3-19-65(79)66-20-4-12-28-80(66)98)52-75(88)76-53-62(38-44-89(76)102)99-81-29-13-5-21-67(81)68-22-6-14-30-82(68)99/h3-55H,1H3. The molecule has 6 heterocycles. The number of aryl methyl sites for hydroxylation is 1. The Kier molecular flexibility index (Phi) is 12.4. The van der Waals surface area contributed by atoms with Crippen molar-refractivity contribution in [2.45, 2.75) is 13.1 Å². The number of halogens is 3. The second-order valence-electron chi connectivity index (χ2n) is 27.1. The molecule has 21 aromatic rings. The van der Waals surface area contributed by atoms with Gasteiger partial charge in [0.1, 0.15) is 0 Å². The van der Waals surface area contributed by atoms with Crippen LogP contribution in [0.5, 0.6) is 0 Å². The molecule has 0 atom stereocenters. The van der Waals surface area contributed by atoms with Gasteiger partial charge in [0.05, 0.1) is 89.7 Å². The fourth-order valence-electron chi connectivity index (χ4n) is 17.1. The summed E-state index contributed by atoms with van der Waals surface area (Å²) in [5.41, 5.74) is 20.6. The van der Waals surface area contributed by atoms with Gasteiger partial charge in [-0.2, -0.15) is 13.2 Å². The highest BCUT2D eigenvalue weighted by Crippen LogP contribution is 2.48. The molecule has 21 rings (SSSR count). The van der Waals surface area contributed by atoms with Crippen molar-refractivity contribution in [1.29, 1.82) is 0 Å². The molecule has 0 fully saturated rings. The highest BCUT2D eigenvalue weighted by molar-refractivity contribution is 6.17. The van der Waals surface area contributed by atoms with Crippen molar-refractivity contribution in [3.05, 3.63) is 344 Å². The van der Waals surface area contributed by atoms with Crippen LogP contribution in [0.25, 0.3) is 192 Å². The first-order chi connectivity index (χ1) is 50.6. The SMILES string of the molecule is [C-]#[N+]c1ccc(-n2c3ccc(-n4c5ccccc5c5ccccc54)cc3c3cc(-n4c5ccccc5c5ccccc54)ccc32)c(-c2ccc(-c3cc(C)cc(C(F)(F)F)c3)cc2-n2c3ccc(-n4c5ccccc5c5ccccc54)cc3c3cc(-n4c5ccccc5c5ccccc54)ccc32)c1. The van der Waals surface area contributed by atoms with Gasteiger partial charge in [-0.25, -0.2) is 4.85 Å².